The number of nitrogens with one attached hydrogen (secondary N) is 2. The van der Waals surface area contributed by atoms with Gasteiger partial charge in [-0.25, -0.2) is 0 Å². The second kappa shape index (κ2) is 8.28. The van der Waals surface area contributed by atoms with Crippen LogP contribution >= 0.6 is 12.4 Å². The lowest BCUT2D eigenvalue weighted by Gasteiger charge is -2.25. The van der Waals surface area contributed by atoms with Gasteiger partial charge in [0.25, 0.3) is 0 Å². The van der Waals surface area contributed by atoms with Crippen LogP contribution < -0.4 is 10.6 Å². The molecule has 112 valence electrons. The van der Waals surface area contributed by atoms with E-state index in [-0.39, 0.29) is 24.2 Å². The van der Waals surface area contributed by atoms with Gasteiger partial charge in [0, 0.05) is 19.6 Å². The number of hydrogen-bond acceptors (Lipinski definition) is 2. The van der Waals surface area contributed by atoms with Crippen LogP contribution in [-0.2, 0) is 11.2 Å². The van der Waals surface area contributed by atoms with E-state index in [0.717, 1.165) is 32.5 Å². The topological polar surface area (TPSA) is 41.1 Å². The summed E-state index contributed by atoms with van der Waals surface area (Å²) in [7, 11) is 0. The van der Waals surface area contributed by atoms with Gasteiger partial charge in [-0.15, -0.1) is 12.4 Å². The summed E-state index contributed by atoms with van der Waals surface area (Å²) < 4.78 is 0. The van der Waals surface area contributed by atoms with Gasteiger partial charge in [-0.1, -0.05) is 38.1 Å². The van der Waals surface area contributed by atoms with Crippen LogP contribution in [0.15, 0.2) is 24.3 Å². The Labute approximate surface area is 127 Å². The molecule has 2 N–H and O–H groups in total. The maximum atomic E-state index is 11.6. The number of hydrogen-bond donors (Lipinski definition) is 2. The SMILES string of the molecule is CC(C)c1ccc(CCCNC(=O)C2CNC2)cc1.Cl. The molecule has 3 nitrogen and oxygen atoms in total. The molecule has 4 heteroatoms. The second-order valence-electron chi connectivity index (χ2n) is 5.65. The van der Waals surface area contributed by atoms with E-state index in [2.05, 4.69) is 48.7 Å². The van der Waals surface area contributed by atoms with E-state index in [1.165, 1.54) is 11.1 Å². The van der Waals surface area contributed by atoms with Gasteiger partial charge in [0.2, 0.25) is 5.91 Å². The Morgan fingerprint density at radius 1 is 1.30 bits per heavy atom. The highest BCUT2D eigenvalue weighted by atomic mass is 35.5. The summed E-state index contributed by atoms with van der Waals surface area (Å²) in [6, 6.07) is 8.82. The molecule has 1 fully saturated rings. The molecule has 1 aromatic carbocycles. The van der Waals surface area contributed by atoms with Gasteiger partial charge in [0.15, 0.2) is 0 Å². The van der Waals surface area contributed by atoms with Crippen molar-refractivity contribution < 1.29 is 4.79 Å². The van der Waals surface area contributed by atoms with Crippen LogP contribution in [0.3, 0.4) is 0 Å². The number of halogens is 1. The molecular formula is C16H25ClN2O. The van der Waals surface area contributed by atoms with Crippen LogP contribution in [0.1, 0.15) is 37.3 Å². The highest BCUT2D eigenvalue weighted by Crippen LogP contribution is 2.15. The summed E-state index contributed by atoms with van der Waals surface area (Å²) in [5.41, 5.74) is 2.73. The van der Waals surface area contributed by atoms with E-state index in [4.69, 9.17) is 0 Å². The third-order valence-electron chi connectivity index (χ3n) is 3.74. The standard InChI is InChI=1S/C16H24N2O.ClH/c1-12(2)14-7-5-13(6-8-14)4-3-9-18-16(19)15-10-17-11-15;/h5-8,12,15,17H,3-4,9-11H2,1-2H3,(H,18,19);1H. The minimum absolute atomic E-state index is 0. The van der Waals surface area contributed by atoms with E-state index in [1.54, 1.807) is 0 Å². The highest BCUT2D eigenvalue weighted by molar-refractivity contribution is 5.85. The maximum absolute atomic E-state index is 11.6. The first kappa shape index (κ1) is 17.0. The first-order chi connectivity index (χ1) is 9.16. The molecule has 0 saturated carbocycles. The van der Waals surface area contributed by atoms with Gasteiger partial charge in [-0.05, 0) is 29.9 Å². The molecule has 1 aliphatic rings. The first-order valence-corrected chi connectivity index (χ1v) is 7.24. The summed E-state index contributed by atoms with van der Waals surface area (Å²) >= 11 is 0. The van der Waals surface area contributed by atoms with Crippen molar-refractivity contribution >= 4 is 18.3 Å². The lowest BCUT2D eigenvalue weighted by Crippen LogP contribution is -2.50. The molecule has 0 bridgehead atoms. The number of aryl methyl sites for hydroxylation is 1. The Morgan fingerprint density at radius 2 is 1.95 bits per heavy atom. The second-order valence-corrected chi connectivity index (χ2v) is 5.65. The molecular weight excluding hydrogens is 272 g/mol. The Morgan fingerprint density at radius 3 is 2.45 bits per heavy atom. The molecule has 0 atom stereocenters. The fourth-order valence-electron chi connectivity index (χ4n) is 2.19. The fourth-order valence-corrected chi connectivity index (χ4v) is 2.19. The van der Waals surface area contributed by atoms with Crippen molar-refractivity contribution in [3.63, 3.8) is 0 Å². The van der Waals surface area contributed by atoms with Crippen molar-refractivity contribution in [2.24, 2.45) is 5.92 Å². The quantitative estimate of drug-likeness (QED) is 0.792. The molecule has 1 saturated heterocycles. The number of rotatable bonds is 6. The average Bonchev–Trinajstić information content (AvgIpc) is 2.33. The third kappa shape index (κ3) is 4.80. The van der Waals surface area contributed by atoms with E-state index in [9.17, 15) is 4.79 Å². The Hall–Kier alpha value is -1.06. The fraction of sp³-hybridized carbons (Fsp3) is 0.562. The van der Waals surface area contributed by atoms with Crippen LogP contribution in [-0.4, -0.2) is 25.5 Å². The van der Waals surface area contributed by atoms with E-state index in [1.807, 2.05) is 0 Å². The first-order valence-electron chi connectivity index (χ1n) is 7.24. The van der Waals surface area contributed by atoms with Crippen molar-refractivity contribution in [1.29, 1.82) is 0 Å². The van der Waals surface area contributed by atoms with E-state index in [0.29, 0.717) is 5.92 Å². The lowest BCUT2D eigenvalue weighted by atomic mass is 10.00. The monoisotopic (exact) mass is 296 g/mol. The molecule has 1 amide bonds. The third-order valence-corrected chi connectivity index (χ3v) is 3.74. The summed E-state index contributed by atoms with van der Waals surface area (Å²) in [6.45, 7) is 6.87. The molecule has 1 heterocycles. The summed E-state index contributed by atoms with van der Waals surface area (Å²) in [5.74, 6) is 0.989. The van der Waals surface area contributed by atoms with Crippen molar-refractivity contribution in [3.05, 3.63) is 35.4 Å². The van der Waals surface area contributed by atoms with E-state index < -0.39 is 0 Å². The Bertz CT molecular complexity index is 413. The number of amides is 1. The van der Waals surface area contributed by atoms with Crippen LogP contribution in [0.5, 0.6) is 0 Å². The minimum Gasteiger partial charge on any atom is -0.356 e. The van der Waals surface area contributed by atoms with Crippen LogP contribution in [0, 0.1) is 5.92 Å². The van der Waals surface area contributed by atoms with Gasteiger partial charge in [-0.2, -0.15) is 0 Å². The van der Waals surface area contributed by atoms with Crippen molar-refractivity contribution in [1.82, 2.24) is 10.6 Å². The van der Waals surface area contributed by atoms with Gasteiger partial charge >= 0.3 is 0 Å². The predicted octanol–water partition coefficient (Wildman–Crippen LogP) is 2.50. The minimum atomic E-state index is 0. The Balaban J connectivity index is 0.00000200. The smallest absolute Gasteiger partial charge is 0.225 e. The summed E-state index contributed by atoms with van der Waals surface area (Å²) in [4.78, 5) is 11.6. The van der Waals surface area contributed by atoms with Crippen LogP contribution in [0.25, 0.3) is 0 Å². The summed E-state index contributed by atoms with van der Waals surface area (Å²) in [6.07, 6.45) is 2.04. The molecule has 1 aliphatic heterocycles. The van der Waals surface area contributed by atoms with Crippen LogP contribution in [0.2, 0.25) is 0 Å². The number of carbonyl (C=O) groups is 1. The molecule has 1 aromatic rings. The van der Waals surface area contributed by atoms with Crippen molar-refractivity contribution in [2.45, 2.75) is 32.6 Å². The molecule has 0 aromatic heterocycles. The molecule has 0 aliphatic carbocycles. The van der Waals surface area contributed by atoms with Gasteiger partial charge in [0.1, 0.15) is 0 Å². The van der Waals surface area contributed by atoms with Gasteiger partial charge in [0.05, 0.1) is 5.92 Å². The Kier molecular flexibility index (Phi) is 7.03. The molecule has 20 heavy (non-hydrogen) atoms. The summed E-state index contributed by atoms with van der Waals surface area (Å²) in [5, 5.41) is 6.12. The normalized spacial score (nSPS) is 14.6. The number of carbonyl (C=O) groups excluding carboxylic acids is 1. The number of benzene rings is 1. The predicted molar refractivity (Wildman–Crippen MR) is 85.5 cm³/mol. The zero-order valence-corrected chi connectivity index (χ0v) is 13.1. The molecule has 0 unspecified atom stereocenters. The maximum Gasteiger partial charge on any atom is 0.225 e. The lowest BCUT2D eigenvalue weighted by molar-refractivity contribution is -0.126. The molecule has 0 radical (unpaired) electrons. The zero-order valence-electron chi connectivity index (χ0n) is 12.3. The highest BCUT2D eigenvalue weighted by Gasteiger charge is 2.23. The van der Waals surface area contributed by atoms with Crippen molar-refractivity contribution in [3.8, 4) is 0 Å². The van der Waals surface area contributed by atoms with Gasteiger partial charge < -0.3 is 10.6 Å². The molecule has 0 spiro atoms. The van der Waals surface area contributed by atoms with Crippen molar-refractivity contribution in [2.75, 3.05) is 19.6 Å². The zero-order chi connectivity index (χ0) is 13.7. The van der Waals surface area contributed by atoms with Crippen LogP contribution in [0.4, 0.5) is 0 Å². The van der Waals surface area contributed by atoms with Gasteiger partial charge in [-0.3, -0.25) is 4.79 Å². The molecule has 2 rings (SSSR count). The van der Waals surface area contributed by atoms with E-state index >= 15 is 0 Å². The average molecular weight is 297 g/mol. The largest absolute Gasteiger partial charge is 0.356 e.